The largest absolute Gasteiger partial charge is 0.501 e. The topological polar surface area (TPSA) is 12.5 Å². The summed E-state index contributed by atoms with van der Waals surface area (Å²) in [6, 6.07) is 0. The van der Waals surface area contributed by atoms with E-state index in [1.807, 2.05) is 6.26 Å². The Bertz CT molecular complexity index is 653. The van der Waals surface area contributed by atoms with Crippen molar-refractivity contribution in [2.24, 2.45) is 5.92 Å². The van der Waals surface area contributed by atoms with Gasteiger partial charge in [-0.1, -0.05) is 152 Å². The van der Waals surface area contributed by atoms with Gasteiger partial charge in [0.05, 0.1) is 12.9 Å². The van der Waals surface area contributed by atoms with Crippen molar-refractivity contribution >= 4 is 0 Å². The fourth-order valence-electron chi connectivity index (χ4n) is 5.67. The number of likely N-dealkylation sites (N-methyl/N-ethyl adjacent to an activating group) is 1. The third-order valence-electron chi connectivity index (χ3n) is 8.62. The minimum atomic E-state index is 0.714. The summed E-state index contributed by atoms with van der Waals surface area (Å²) in [6.07, 6.45) is 57.4. The molecule has 0 aromatic heterocycles. The van der Waals surface area contributed by atoms with Crippen LogP contribution in [0.1, 0.15) is 181 Å². The van der Waals surface area contributed by atoms with Crippen LogP contribution in [-0.2, 0) is 4.74 Å². The summed E-state index contributed by atoms with van der Waals surface area (Å²) >= 11 is 0. The molecule has 0 amide bonds. The second kappa shape index (κ2) is 38.6. The number of hydrogen-bond donors (Lipinski definition) is 0. The molecule has 2 heteroatoms. The number of allylic oxidation sites excluding steroid dienone is 8. The molecule has 0 rings (SSSR count). The minimum absolute atomic E-state index is 0.714. The van der Waals surface area contributed by atoms with E-state index in [9.17, 15) is 0 Å². The molecule has 0 saturated heterocycles. The monoisotopic (exact) mass is 626 g/mol. The van der Waals surface area contributed by atoms with E-state index in [0.717, 1.165) is 26.0 Å². The molecule has 0 aliphatic rings. The highest BCUT2D eigenvalue weighted by molar-refractivity contribution is 4.93. The van der Waals surface area contributed by atoms with Gasteiger partial charge in [0.2, 0.25) is 0 Å². The van der Waals surface area contributed by atoms with Crippen molar-refractivity contribution in [3.8, 4) is 0 Å². The summed E-state index contributed by atoms with van der Waals surface area (Å²) in [5, 5.41) is 0. The average Bonchev–Trinajstić information content (AvgIpc) is 3.03. The summed E-state index contributed by atoms with van der Waals surface area (Å²) < 4.78 is 5.98. The second-order valence-corrected chi connectivity index (χ2v) is 13.6. The average molecular weight is 626 g/mol. The Hall–Kier alpha value is -1.54. The summed E-state index contributed by atoms with van der Waals surface area (Å²) in [7, 11) is 4.20. The number of nitrogens with zero attached hydrogens (tertiary/aromatic N) is 1. The van der Waals surface area contributed by atoms with Crippen molar-refractivity contribution in [1.29, 1.82) is 0 Å². The smallest absolute Gasteiger partial charge is 0.0901 e. The summed E-state index contributed by atoms with van der Waals surface area (Å²) in [5.74, 6) is 0.714. The highest BCUT2D eigenvalue weighted by Gasteiger charge is 2.09. The second-order valence-electron chi connectivity index (χ2n) is 13.6. The lowest BCUT2D eigenvalue weighted by Crippen LogP contribution is -2.11. The van der Waals surface area contributed by atoms with E-state index < -0.39 is 0 Å². The van der Waals surface area contributed by atoms with Crippen LogP contribution < -0.4 is 0 Å². The molecule has 0 radical (unpaired) electrons. The normalized spacial score (nSPS) is 13.3. The molecule has 0 unspecified atom stereocenters. The van der Waals surface area contributed by atoms with Gasteiger partial charge in [-0.25, -0.2) is 0 Å². The first-order valence-electron chi connectivity index (χ1n) is 19.7. The van der Waals surface area contributed by atoms with Crippen molar-refractivity contribution < 1.29 is 4.74 Å². The van der Waals surface area contributed by atoms with Crippen molar-refractivity contribution in [2.75, 3.05) is 27.2 Å². The standard InChI is InChI=1S/C43H79NO/c1-5-7-9-11-13-15-17-19-21-23-25-27-29-31-33-35-38-43(42-45-41-37-40-44(3)4)39-36-34-32-30-28-26-24-22-20-18-16-14-12-10-8-6-2/h13-16,19-22,37,41,43H,5-12,17-18,23-36,38-40,42H2,1-4H3. The van der Waals surface area contributed by atoms with Gasteiger partial charge in [0.25, 0.3) is 0 Å². The lowest BCUT2D eigenvalue weighted by Gasteiger charge is -2.16. The van der Waals surface area contributed by atoms with Crippen LogP contribution in [0.2, 0.25) is 0 Å². The number of unbranched alkanes of at least 4 members (excludes halogenated alkanes) is 18. The predicted octanol–water partition coefficient (Wildman–Crippen LogP) is 14.1. The van der Waals surface area contributed by atoms with Crippen molar-refractivity contribution in [3.63, 3.8) is 0 Å². The zero-order valence-corrected chi connectivity index (χ0v) is 31.0. The fourth-order valence-corrected chi connectivity index (χ4v) is 5.67. The SMILES string of the molecule is CCCCCC=CCC=CCCCCCCCCC(CCCCCCCCC=CCC=CCCCCC)COC=CCN(C)C. The van der Waals surface area contributed by atoms with E-state index in [1.54, 1.807) is 0 Å². The van der Waals surface area contributed by atoms with Crippen LogP contribution in [0.15, 0.2) is 60.9 Å². The van der Waals surface area contributed by atoms with E-state index in [-0.39, 0.29) is 0 Å². The highest BCUT2D eigenvalue weighted by Crippen LogP contribution is 2.20. The van der Waals surface area contributed by atoms with Crippen LogP contribution in [-0.4, -0.2) is 32.1 Å². The molecule has 0 N–H and O–H groups in total. The Morgan fingerprint density at radius 3 is 1.22 bits per heavy atom. The first kappa shape index (κ1) is 43.5. The van der Waals surface area contributed by atoms with Crippen molar-refractivity contribution in [3.05, 3.63) is 60.9 Å². The van der Waals surface area contributed by atoms with E-state index in [0.29, 0.717) is 5.92 Å². The van der Waals surface area contributed by atoms with Crippen molar-refractivity contribution in [1.82, 2.24) is 4.90 Å². The van der Waals surface area contributed by atoms with Crippen LogP contribution in [0.4, 0.5) is 0 Å². The molecule has 262 valence electrons. The van der Waals surface area contributed by atoms with Gasteiger partial charge in [0, 0.05) is 6.54 Å². The number of rotatable bonds is 35. The van der Waals surface area contributed by atoms with Crippen LogP contribution >= 0.6 is 0 Å². The molecule has 0 spiro atoms. The van der Waals surface area contributed by atoms with Gasteiger partial charge in [-0.05, 0) is 103 Å². The van der Waals surface area contributed by atoms with Crippen molar-refractivity contribution in [2.45, 2.75) is 181 Å². The molecule has 45 heavy (non-hydrogen) atoms. The number of ether oxygens (including phenoxy) is 1. The van der Waals surface area contributed by atoms with Gasteiger partial charge >= 0.3 is 0 Å². The Morgan fingerprint density at radius 2 is 0.822 bits per heavy atom. The maximum absolute atomic E-state index is 5.98. The predicted molar refractivity (Wildman–Crippen MR) is 205 cm³/mol. The summed E-state index contributed by atoms with van der Waals surface area (Å²) in [6.45, 7) is 6.38. The third kappa shape index (κ3) is 38.6. The first-order chi connectivity index (χ1) is 22.2. The minimum Gasteiger partial charge on any atom is -0.501 e. The Kier molecular flexibility index (Phi) is 37.3. The lowest BCUT2D eigenvalue weighted by atomic mass is 9.94. The summed E-state index contributed by atoms with van der Waals surface area (Å²) in [4.78, 5) is 2.17. The van der Waals surface area contributed by atoms with Gasteiger partial charge in [0.1, 0.15) is 0 Å². The third-order valence-corrected chi connectivity index (χ3v) is 8.62. The summed E-state index contributed by atoms with van der Waals surface area (Å²) in [5.41, 5.74) is 0. The fraction of sp³-hybridized carbons (Fsp3) is 0.767. The number of hydrogen-bond acceptors (Lipinski definition) is 2. The van der Waals surface area contributed by atoms with E-state index in [1.165, 1.54) is 154 Å². The molecule has 0 fully saturated rings. The molecule has 0 aromatic carbocycles. The van der Waals surface area contributed by atoms with Gasteiger partial charge in [-0.3, -0.25) is 0 Å². The molecule has 0 aliphatic carbocycles. The van der Waals surface area contributed by atoms with Gasteiger partial charge < -0.3 is 9.64 Å². The zero-order chi connectivity index (χ0) is 32.7. The van der Waals surface area contributed by atoms with E-state index in [2.05, 4.69) is 87.5 Å². The highest BCUT2D eigenvalue weighted by atomic mass is 16.5. The molecule has 0 atom stereocenters. The molecule has 0 heterocycles. The molecular weight excluding hydrogens is 546 g/mol. The Balaban J connectivity index is 3.92. The maximum Gasteiger partial charge on any atom is 0.0901 e. The molecular formula is C43H79NO. The van der Waals surface area contributed by atoms with Crippen LogP contribution in [0.3, 0.4) is 0 Å². The first-order valence-corrected chi connectivity index (χ1v) is 19.7. The zero-order valence-electron chi connectivity index (χ0n) is 31.0. The lowest BCUT2D eigenvalue weighted by molar-refractivity contribution is 0.175. The molecule has 2 nitrogen and oxygen atoms in total. The van der Waals surface area contributed by atoms with Gasteiger partial charge in [-0.15, -0.1) is 0 Å². The van der Waals surface area contributed by atoms with E-state index >= 15 is 0 Å². The molecule has 0 aliphatic heterocycles. The molecule has 0 bridgehead atoms. The molecule has 0 aromatic rings. The van der Waals surface area contributed by atoms with Gasteiger partial charge in [-0.2, -0.15) is 0 Å². The Morgan fingerprint density at radius 1 is 0.444 bits per heavy atom. The maximum atomic E-state index is 5.98. The van der Waals surface area contributed by atoms with E-state index in [4.69, 9.17) is 4.74 Å². The van der Waals surface area contributed by atoms with Gasteiger partial charge in [0.15, 0.2) is 0 Å². The molecule has 0 saturated carbocycles. The van der Waals surface area contributed by atoms with Crippen LogP contribution in [0.5, 0.6) is 0 Å². The van der Waals surface area contributed by atoms with Crippen LogP contribution in [0.25, 0.3) is 0 Å². The van der Waals surface area contributed by atoms with Crippen LogP contribution in [0, 0.1) is 5.92 Å². The Labute approximate surface area is 283 Å². The quantitative estimate of drug-likeness (QED) is 0.0395.